The number of nitrogens with one attached hydrogen (secondary N) is 1. The molecule has 21 heavy (non-hydrogen) atoms. The van der Waals surface area contributed by atoms with Crippen LogP contribution in [-0.4, -0.2) is 27.6 Å². The van der Waals surface area contributed by atoms with Crippen molar-refractivity contribution in [3.05, 3.63) is 34.7 Å². The third kappa shape index (κ3) is 5.81. The van der Waals surface area contributed by atoms with Crippen LogP contribution in [0.1, 0.15) is 33.1 Å². The van der Waals surface area contributed by atoms with E-state index in [0.29, 0.717) is 19.4 Å². The number of hydrogen-bond acceptors (Lipinski definition) is 3. The van der Waals surface area contributed by atoms with Gasteiger partial charge in [0.2, 0.25) is 11.5 Å². The molecule has 1 aromatic heterocycles. The van der Waals surface area contributed by atoms with Gasteiger partial charge in [0.25, 0.3) is 0 Å². The van der Waals surface area contributed by atoms with Crippen LogP contribution in [0, 0.1) is 5.92 Å². The minimum atomic E-state index is -1.02. The summed E-state index contributed by atoms with van der Waals surface area (Å²) in [5, 5.41) is 11.5. The first kappa shape index (κ1) is 16.9. The van der Waals surface area contributed by atoms with Crippen LogP contribution < -0.4 is 10.9 Å². The Morgan fingerprint density at radius 1 is 1.29 bits per heavy atom. The first-order valence-electron chi connectivity index (χ1n) is 7.09. The van der Waals surface area contributed by atoms with E-state index in [1.165, 1.54) is 6.07 Å². The molecule has 1 unspecified atom stereocenters. The highest BCUT2D eigenvalue weighted by atomic mass is 16.4. The molecule has 0 saturated carbocycles. The molecule has 0 spiro atoms. The third-order valence-corrected chi connectivity index (χ3v) is 3.20. The Hall–Kier alpha value is -2.11. The number of carboxylic acids is 1. The van der Waals surface area contributed by atoms with Gasteiger partial charge in [-0.2, -0.15) is 0 Å². The van der Waals surface area contributed by atoms with Crippen molar-refractivity contribution in [3.63, 3.8) is 0 Å². The van der Waals surface area contributed by atoms with E-state index in [-0.39, 0.29) is 23.8 Å². The van der Waals surface area contributed by atoms with Gasteiger partial charge in [-0.15, -0.1) is 0 Å². The van der Waals surface area contributed by atoms with Crippen molar-refractivity contribution in [2.75, 3.05) is 0 Å². The van der Waals surface area contributed by atoms with Gasteiger partial charge >= 0.3 is 5.97 Å². The molecule has 116 valence electrons. The summed E-state index contributed by atoms with van der Waals surface area (Å²) in [6.07, 6.45) is 3.27. The molecule has 6 nitrogen and oxygen atoms in total. The number of unbranched alkanes of at least 4 members (excludes halogenated alkanes) is 1. The molecule has 0 aliphatic rings. The number of pyridine rings is 1. The van der Waals surface area contributed by atoms with Gasteiger partial charge in [-0.05, 0) is 24.8 Å². The Kier molecular flexibility index (Phi) is 6.65. The lowest BCUT2D eigenvalue weighted by molar-refractivity contribution is -0.143. The number of aryl methyl sites for hydroxylation is 1. The molecule has 1 rings (SSSR count). The first-order valence-corrected chi connectivity index (χ1v) is 7.09. The second-order valence-corrected chi connectivity index (χ2v) is 5.32. The average molecular weight is 294 g/mol. The van der Waals surface area contributed by atoms with E-state index < -0.39 is 12.0 Å². The van der Waals surface area contributed by atoms with E-state index in [2.05, 4.69) is 5.32 Å². The van der Waals surface area contributed by atoms with Crippen molar-refractivity contribution in [1.29, 1.82) is 0 Å². The molecular formula is C15H22N2O4. The minimum Gasteiger partial charge on any atom is -0.480 e. The standard InChI is InChI=1S/C15H22N2O4/c1-11(2)14(15(20)21)16-12(18)7-3-5-9-17-10-6-4-8-13(17)19/h4,6,8,10-11,14H,3,5,7,9H2,1-2H3,(H,16,18)(H,20,21). The summed E-state index contributed by atoms with van der Waals surface area (Å²) in [5.41, 5.74) is -0.0623. The van der Waals surface area contributed by atoms with E-state index in [1.54, 1.807) is 36.7 Å². The lowest BCUT2D eigenvalue weighted by Gasteiger charge is -2.17. The number of aromatic nitrogens is 1. The molecule has 0 aliphatic carbocycles. The summed E-state index contributed by atoms with van der Waals surface area (Å²) >= 11 is 0. The molecule has 1 aromatic rings. The smallest absolute Gasteiger partial charge is 0.326 e. The molecule has 0 aromatic carbocycles. The van der Waals surface area contributed by atoms with Crippen molar-refractivity contribution in [2.24, 2.45) is 5.92 Å². The van der Waals surface area contributed by atoms with Crippen LogP contribution in [0.15, 0.2) is 29.2 Å². The van der Waals surface area contributed by atoms with Gasteiger partial charge in [0, 0.05) is 25.2 Å². The fourth-order valence-electron chi connectivity index (χ4n) is 1.97. The highest BCUT2D eigenvalue weighted by Crippen LogP contribution is 2.04. The molecule has 2 N–H and O–H groups in total. The van der Waals surface area contributed by atoms with Crippen LogP contribution in [0.3, 0.4) is 0 Å². The quantitative estimate of drug-likeness (QED) is 0.706. The fraction of sp³-hybridized carbons (Fsp3) is 0.533. The van der Waals surface area contributed by atoms with Gasteiger partial charge in [-0.3, -0.25) is 9.59 Å². The molecule has 0 saturated heterocycles. The molecule has 0 fully saturated rings. The maximum atomic E-state index is 11.7. The zero-order chi connectivity index (χ0) is 15.8. The Morgan fingerprint density at radius 2 is 2.00 bits per heavy atom. The van der Waals surface area contributed by atoms with Crippen molar-refractivity contribution in [3.8, 4) is 0 Å². The Morgan fingerprint density at radius 3 is 2.57 bits per heavy atom. The summed E-state index contributed by atoms with van der Waals surface area (Å²) in [4.78, 5) is 34.1. The Balaban J connectivity index is 2.32. The van der Waals surface area contributed by atoms with Crippen LogP contribution in [0.2, 0.25) is 0 Å². The van der Waals surface area contributed by atoms with Crippen molar-refractivity contribution in [2.45, 2.75) is 45.7 Å². The number of hydrogen-bond donors (Lipinski definition) is 2. The van der Waals surface area contributed by atoms with Gasteiger partial charge < -0.3 is 15.0 Å². The van der Waals surface area contributed by atoms with Crippen LogP contribution in [0.25, 0.3) is 0 Å². The highest BCUT2D eigenvalue weighted by molar-refractivity contribution is 5.83. The molecular weight excluding hydrogens is 272 g/mol. The Labute approximate surface area is 123 Å². The van der Waals surface area contributed by atoms with E-state index in [4.69, 9.17) is 5.11 Å². The lowest BCUT2D eigenvalue weighted by Crippen LogP contribution is -2.44. The van der Waals surface area contributed by atoms with Gasteiger partial charge in [-0.1, -0.05) is 19.9 Å². The van der Waals surface area contributed by atoms with E-state index in [0.717, 1.165) is 0 Å². The zero-order valence-electron chi connectivity index (χ0n) is 12.4. The van der Waals surface area contributed by atoms with Gasteiger partial charge in [0.1, 0.15) is 6.04 Å². The topological polar surface area (TPSA) is 88.4 Å². The predicted octanol–water partition coefficient (Wildman–Crippen LogP) is 1.24. The van der Waals surface area contributed by atoms with E-state index >= 15 is 0 Å². The van der Waals surface area contributed by atoms with Crippen LogP contribution >= 0.6 is 0 Å². The Bertz CT molecular complexity index is 536. The summed E-state index contributed by atoms with van der Waals surface area (Å²) in [6.45, 7) is 4.06. The molecule has 6 heteroatoms. The largest absolute Gasteiger partial charge is 0.480 e. The second kappa shape index (κ2) is 8.24. The first-order chi connectivity index (χ1) is 9.91. The van der Waals surface area contributed by atoms with E-state index in [1.807, 2.05) is 0 Å². The molecule has 1 heterocycles. The summed E-state index contributed by atoms with van der Waals surface area (Å²) in [5.74, 6) is -1.44. The number of rotatable bonds is 8. The molecule has 0 aliphatic heterocycles. The van der Waals surface area contributed by atoms with Gasteiger partial charge in [0.15, 0.2) is 0 Å². The average Bonchev–Trinajstić information content (AvgIpc) is 2.42. The number of carbonyl (C=O) groups excluding carboxylic acids is 1. The molecule has 1 atom stereocenters. The minimum absolute atomic E-state index is 0.0623. The number of carboxylic acid groups (broad SMARTS) is 1. The summed E-state index contributed by atoms with van der Waals surface area (Å²) in [6, 6.07) is 4.11. The maximum Gasteiger partial charge on any atom is 0.326 e. The van der Waals surface area contributed by atoms with Gasteiger partial charge in [0.05, 0.1) is 0 Å². The second-order valence-electron chi connectivity index (χ2n) is 5.32. The van der Waals surface area contributed by atoms with Crippen molar-refractivity contribution in [1.82, 2.24) is 9.88 Å². The lowest BCUT2D eigenvalue weighted by atomic mass is 10.0. The van der Waals surface area contributed by atoms with Crippen LogP contribution in [0.4, 0.5) is 0 Å². The fourth-order valence-corrected chi connectivity index (χ4v) is 1.97. The monoisotopic (exact) mass is 294 g/mol. The molecule has 0 bridgehead atoms. The molecule has 0 radical (unpaired) electrons. The van der Waals surface area contributed by atoms with E-state index in [9.17, 15) is 14.4 Å². The predicted molar refractivity (Wildman–Crippen MR) is 79.0 cm³/mol. The van der Waals surface area contributed by atoms with Crippen LogP contribution in [0.5, 0.6) is 0 Å². The van der Waals surface area contributed by atoms with Crippen LogP contribution in [-0.2, 0) is 16.1 Å². The van der Waals surface area contributed by atoms with Crippen molar-refractivity contribution < 1.29 is 14.7 Å². The number of carbonyl (C=O) groups is 2. The van der Waals surface area contributed by atoms with Gasteiger partial charge in [-0.25, -0.2) is 4.79 Å². The zero-order valence-corrected chi connectivity index (χ0v) is 12.4. The normalized spacial score (nSPS) is 12.1. The number of amides is 1. The number of nitrogens with zero attached hydrogens (tertiary/aromatic N) is 1. The SMILES string of the molecule is CC(C)C(NC(=O)CCCCn1ccccc1=O)C(=O)O. The number of aliphatic carboxylic acids is 1. The highest BCUT2D eigenvalue weighted by Gasteiger charge is 2.22. The van der Waals surface area contributed by atoms with Crippen molar-refractivity contribution >= 4 is 11.9 Å². The third-order valence-electron chi connectivity index (χ3n) is 3.20. The summed E-state index contributed by atoms with van der Waals surface area (Å²) in [7, 11) is 0. The molecule has 1 amide bonds. The summed E-state index contributed by atoms with van der Waals surface area (Å²) < 4.78 is 1.59. The maximum absolute atomic E-state index is 11.7.